The number of benzene rings is 2. The number of rotatable bonds is 6. The van der Waals surface area contributed by atoms with Crippen molar-refractivity contribution in [3.8, 4) is 5.75 Å². The third kappa shape index (κ3) is 4.41. The molecule has 3 aromatic rings. The van der Waals surface area contributed by atoms with Gasteiger partial charge >= 0.3 is 0 Å². The van der Waals surface area contributed by atoms with Crippen molar-refractivity contribution in [3.05, 3.63) is 72.1 Å². The van der Waals surface area contributed by atoms with Gasteiger partial charge in [0.05, 0.1) is 12.8 Å². The lowest BCUT2D eigenvalue weighted by Crippen LogP contribution is -2.16. The first-order chi connectivity index (χ1) is 13.1. The van der Waals surface area contributed by atoms with E-state index in [2.05, 4.69) is 34.4 Å². The molecule has 0 atom stereocenters. The van der Waals surface area contributed by atoms with E-state index in [4.69, 9.17) is 4.74 Å². The Kier molecular flexibility index (Phi) is 5.66. The SMILES string of the molecule is COc1ccccc1Nc1nccc(C(=O)Nc2ccccc2C(C)C)n1. The maximum absolute atomic E-state index is 12.7. The fourth-order valence-electron chi connectivity index (χ4n) is 2.71. The van der Waals surface area contributed by atoms with Crippen molar-refractivity contribution >= 4 is 23.2 Å². The van der Waals surface area contributed by atoms with Crippen LogP contribution in [0.1, 0.15) is 35.8 Å². The van der Waals surface area contributed by atoms with E-state index in [1.807, 2.05) is 48.5 Å². The van der Waals surface area contributed by atoms with Crippen LogP contribution in [0.2, 0.25) is 0 Å². The number of methoxy groups -OCH3 is 1. The van der Waals surface area contributed by atoms with Crippen molar-refractivity contribution in [1.29, 1.82) is 0 Å². The number of ether oxygens (including phenoxy) is 1. The van der Waals surface area contributed by atoms with Crippen LogP contribution >= 0.6 is 0 Å². The number of nitrogens with one attached hydrogen (secondary N) is 2. The summed E-state index contributed by atoms with van der Waals surface area (Å²) in [5.74, 6) is 1.01. The minimum Gasteiger partial charge on any atom is -0.495 e. The molecule has 138 valence electrons. The highest BCUT2D eigenvalue weighted by Crippen LogP contribution is 2.26. The fraction of sp³-hybridized carbons (Fsp3) is 0.190. The molecular formula is C21H22N4O2. The van der Waals surface area contributed by atoms with E-state index >= 15 is 0 Å². The summed E-state index contributed by atoms with van der Waals surface area (Å²) < 4.78 is 5.31. The van der Waals surface area contributed by atoms with E-state index in [-0.39, 0.29) is 11.6 Å². The summed E-state index contributed by atoms with van der Waals surface area (Å²) in [6.45, 7) is 4.18. The van der Waals surface area contributed by atoms with E-state index in [0.717, 1.165) is 16.9 Å². The Bertz CT molecular complexity index is 941. The molecule has 6 heteroatoms. The van der Waals surface area contributed by atoms with E-state index in [0.29, 0.717) is 17.6 Å². The van der Waals surface area contributed by atoms with E-state index in [9.17, 15) is 4.79 Å². The molecule has 0 aliphatic heterocycles. The van der Waals surface area contributed by atoms with Gasteiger partial charge in [-0.3, -0.25) is 4.79 Å². The molecule has 2 N–H and O–H groups in total. The van der Waals surface area contributed by atoms with Gasteiger partial charge in [0.2, 0.25) is 5.95 Å². The standard InChI is InChI=1S/C21H22N4O2/c1-14(2)15-8-4-5-9-16(15)23-20(26)18-12-13-22-21(25-18)24-17-10-6-7-11-19(17)27-3/h4-14H,1-3H3,(H,23,26)(H,22,24,25). The quantitative estimate of drug-likeness (QED) is 0.670. The van der Waals surface area contributed by atoms with Gasteiger partial charge in [-0.05, 0) is 35.7 Å². The Labute approximate surface area is 158 Å². The number of amides is 1. The zero-order valence-corrected chi connectivity index (χ0v) is 15.6. The van der Waals surface area contributed by atoms with Crippen LogP contribution in [-0.2, 0) is 0 Å². The molecule has 0 saturated heterocycles. The zero-order valence-electron chi connectivity index (χ0n) is 15.6. The molecule has 0 aliphatic carbocycles. The largest absolute Gasteiger partial charge is 0.495 e. The average molecular weight is 362 g/mol. The van der Waals surface area contributed by atoms with Crippen molar-refractivity contribution in [2.45, 2.75) is 19.8 Å². The van der Waals surface area contributed by atoms with Gasteiger partial charge in [-0.25, -0.2) is 9.97 Å². The molecule has 2 aromatic carbocycles. The van der Waals surface area contributed by atoms with Gasteiger partial charge in [0.25, 0.3) is 5.91 Å². The molecule has 1 amide bonds. The summed E-state index contributed by atoms with van der Waals surface area (Å²) in [7, 11) is 1.59. The molecule has 1 aromatic heterocycles. The Hall–Kier alpha value is -3.41. The van der Waals surface area contributed by atoms with E-state index in [1.165, 1.54) is 0 Å². The lowest BCUT2D eigenvalue weighted by molar-refractivity contribution is 0.102. The minimum absolute atomic E-state index is 0.279. The number of aromatic nitrogens is 2. The lowest BCUT2D eigenvalue weighted by atomic mass is 10.0. The van der Waals surface area contributed by atoms with Crippen LogP contribution in [0.4, 0.5) is 17.3 Å². The molecule has 6 nitrogen and oxygen atoms in total. The summed E-state index contributed by atoms with van der Waals surface area (Å²) in [5, 5.41) is 6.03. The second-order valence-electron chi connectivity index (χ2n) is 6.29. The molecule has 0 aliphatic rings. The topological polar surface area (TPSA) is 76.1 Å². The van der Waals surface area contributed by atoms with Crippen LogP contribution in [0.5, 0.6) is 5.75 Å². The molecule has 0 bridgehead atoms. The number of para-hydroxylation sites is 3. The predicted molar refractivity (Wildman–Crippen MR) is 107 cm³/mol. The van der Waals surface area contributed by atoms with E-state index < -0.39 is 0 Å². The number of anilines is 3. The molecule has 27 heavy (non-hydrogen) atoms. The molecule has 1 heterocycles. The second-order valence-corrected chi connectivity index (χ2v) is 6.29. The monoisotopic (exact) mass is 362 g/mol. The highest BCUT2D eigenvalue weighted by molar-refractivity contribution is 6.03. The van der Waals surface area contributed by atoms with Crippen LogP contribution in [0.3, 0.4) is 0 Å². The Morgan fingerprint density at radius 3 is 2.44 bits per heavy atom. The van der Waals surface area contributed by atoms with Gasteiger partial charge < -0.3 is 15.4 Å². The van der Waals surface area contributed by atoms with Crippen molar-refractivity contribution in [1.82, 2.24) is 9.97 Å². The van der Waals surface area contributed by atoms with Crippen molar-refractivity contribution in [2.24, 2.45) is 0 Å². The first-order valence-electron chi connectivity index (χ1n) is 8.72. The highest BCUT2D eigenvalue weighted by Gasteiger charge is 2.13. The third-order valence-corrected chi connectivity index (χ3v) is 4.07. The maximum atomic E-state index is 12.7. The molecule has 0 unspecified atom stereocenters. The smallest absolute Gasteiger partial charge is 0.274 e. The van der Waals surface area contributed by atoms with Gasteiger partial charge in [0, 0.05) is 11.9 Å². The molecule has 0 radical (unpaired) electrons. The minimum atomic E-state index is -0.284. The molecule has 0 spiro atoms. The summed E-state index contributed by atoms with van der Waals surface area (Å²) >= 11 is 0. The normalized spacial score (nSPS) is 10.5. The third-order valence-electron chi connectivity index (χ3n) is 4.07. The molecule has 0 saturated carbocycles. The summed E-state index contributed by atoms with van der Waals surface area (Å²) in [6.07, 6.45) is 1.55. The van der Waals surface area contributed by atoms with Gasteiger partial charge in [0.1, 0.15) is 11.4 Å². The Morgan fingerprint density at radius 2 is 1.70 bits per heavy atom. The van der Waals surface area contributed by atoms with Crippen molar-refractivity contribution < 1.29 is 9.53 Å². The summed E-state index contributed by atoms with van der Waals surface area (Å²) in [6, 6.07) is 16.8. The lowest BCUT2D eigenvalue weighted by Gasteiger charge is -2.14. The number of hydrogen-bond acceptors (Lipinski definition) is 5. The van der Waals surface area contributed by atoms with Gasteiger partial charge in [-0.1, -0.05) is 44.2 Å². The van der Waals surface area contributed by atoms with Crippen LogP contribution in [0, 0.1) is 0 Å². The highest BCUT2D eigenvalue weighted by atomic mass is 16.5. The maximum Gasteiger partial charge on any atom is 0.274 e. The zero-order chi connectivity index (χ0) is 19.2. The Balaban J connectivity index is 1.80. The molecule has 0 fully saturated rings. The van der Waals surface area contributed by atoms with Gasteiger partial charge in [-0.15, -0.1) is 0 Å². The van der Waals surface area contributed by atoms with Crippen LogP contribution in [0.25, 0.3) is 0 Å². The van der Waals surface area contributed by atoms with Gasteiger partial charge in [-0.2, -0.15) is 0 Å². The van der Waals surface area contributed by atoms with Crippen molar-refractivity contribution in [2.75, 3.05) is 17.7 Å². The van der Waals surface area contributed by atoms with E-state index in [1.54, 1.807) is 19.4 Å². The first-order valence-corrected chi connectivity index (χ1v) is 8.72. The first kappa shape index (κ1) is 18.4. The summed E-state index contributed by atoms with van der Waals surface area (Å²) in [5.41, 5.74) is 2.87. The van der Waals surface area contributed by atoms with Crippen LogP contribution in [0.15, 0.2) is 60.8 Å². The average Bonchev–Trinajstić information content (AvgIpc) is 2.69. The molecule has 3 rings (SSSR count). The summed E-state index contributed by atoms with van der Waals surface area (Å²) in [4.78, 5) is 21.2. The van der Waals surface area contributed by atoms with Crippen molar-refractivity contribution in [3.63, 3.8) is 0 Å². The van der Waals surface area contributed by atoms with Crippen LogP contribution in [-0.4, -0.2) is 23.0 Å². The number of carbonyl (C=O) groups is 1. The fourth-order valence-corrected chi connectivity index (χ4v) is 2.71. The van der Waals surface area contributed by atoms with Gasteiger partial charge in [0.15, 0.2) is 0 Å². The predicted octanol–water partition coefficient (Wildman–Crippen LogP) is 4.60. The second kappa shape index (κ2) is 8.31. The Morgan fingerprint density at radius 1 is 1.00 bits per heavy atom. The number of nitrogens with zero attached hydrogens (tertiary/aromatic N) is 2. The van der Waals surface area contributed by atoms with Crippen LogP contribution < -0.4 is 15.4 Å². The number of hydrogen-bond donors (Lipinski definition) is 2. The molecular weight excluding hydrogens is 340 g/mol. The number of carbonyl (C=O) groups excluding carboxylic acids is 1.